The van der Waals surface area contributed by atoms with Crippen molar-refractivity contribution in [2.75, 3.05) is 7.11 Å². The Hall–Kier alpha value is -0.300. The maximum Gasteiger partial charge on any atom is 0.0579 e. The average molecular weight is 288 g/mol. The first kappa shape index (κ1) is 14.3. The molecule has 0 aromatic heterocycles. The second-order valence-electron chi connectivity index (χ2n) is 8.96. The largest absolute Gasteiger partial charge is 0.381 e. The Morgan fingerprint density at radius 1 is 1.14 bits per heavy atom. The number of rotatable bonds is 1. The highest BCUT2D eigenvalue weighted by Crippen LogP contribution is 2.64. The molecule has 0 aromatic rings. The van der Waals surface area contributed by atoms with Crippen molar-refractivity contribution in [2.24, 2.45) is 28.6 Å². The van der Waals surface area contributed by atoms with E-state index >= 15 is 0 Å². The second kappa shape index (κ2) is 4.85. The van der Waals surface area contributed by atoms with Crippen LogP contribution in [0.15, 0.2) is 11.6 Å². The molecule has 0 aliphatic heterocycles. The fourth-order valence-electron chi connectivity index (χ4n) is 6.87. The number of allylic oxidation sites excluding steroid dienone is 2. The molecule has 1 heteroatoms. The fourth-order valence-corrected chi connectivity index (χ4v) is 6.87. The summed E-state index contributed by atoms with van der Waals surface area (Å²) < 4.78 is 5.76. The summed E-state index contributed by atoms with van der Waals surface area (Å²) in [5.41, 5.74) is 2.95. The summed E-state index contributed by atoms with van der Waals surface area (Å²) in [6, 6.07) is 0. The minimum absolute atomic E-state index is 0.531. The molecule has 0 aromatic carbocycles. The van der Waals surface area contributed by atoms with Gasteiger partial charge in [-0.3, -0.25) is 0 Å². The molecule has 3 fully saturated rings. The van der Waals surface area contributed by atoms with Crippen LogP contribution < -0.4 is 0 Å². The third kappa shape index (κ3) is 1.99. The molecule has 6 atom stereocenters. The molecular weight excluding hydrogens is 256 g/mol. The maximum atomic E-state index is 5.76. The number of methoxy groups -OCH3 is 1. The molecule has 0 saturated heterocycles. The van der Waals surface area contributed by atoms with Crippen molar-refractivity contribution in [3.63, 3.8) is 0 Å². The number of hydrogen-bond donors (Lipinski definition) is 0. The van der Waals surface area contributed by atoms with Crippen molar-refractivity contribution in [3.05, 3.63) is 11.6 Å². The van der Waals surface area contributed by atoms with E-state index in [4.69, 9.17) is 4.74 Å². The predicted molar refractivity (Wildman–Crippen MR) is 87.1 cm³/mol. The summed E-state index contributed by atoms with van der Waals surface area (Å²) in [7, 11) is 1.92. The molecule has 0 unspecified atom stereocenters. The topological polar surface area (TPSA) is 9.23 Å². The van der Waals surface area contributed by atoms with Gasteiger partial charge in [0.05, 0.1) is 6.10 Å². The van der Waals surface area contributed by atoms with E-state index < -0.39 is 0 Å². The first-order valence-corrected chi connectivity index (χ1v) is 9.29. The van der Waals surface area contributed by atoms with Crippen LogP contribution in [0.5, 0.6) is 0 Å². The Balaban J connectivity index is 1.66. The molecule has 0 spiro atoms. The van der Waals surface area contributed by atoms with Crippen molar-refractivity contribution in [1.29, 1.82) is 0 Å². The van der Waals surface area contributed by atoms with Crippen LogP contribution >= 0.6 is 0 Å². The molecule has 0 amide bonds. The zero-order chi connectivity index (χ0) is 14.7. The van der Waals surface area contributed by atoms with E-state index in [2.05, 4.69) is 19.9 Å². The van der Waals surface area contributed by atoms with Crippen LogP contribution in [0.1, 0.15) is 71.6 Å². The number of hydrogen-bond acceptors (Lipinski definition) is 1. The monoisotopic (exact) mass is 288 g/mol. The van der Waals surface area contributed by atoms with Gasteiger partial charge in [-0.25, -0.2) is 0 Å². The van der Waals surface area contributed by atoms with Crippen molar-refractivity contribution in [2.45, 2.75) is 77.7 Å². The van der Waals surface area contributed by atoms with Gasteiger partial charge in [0.25, 0.3) is 0 Å². The highest BCUT2D eigenvalue weighted by molar-refractivity contribution is 5.24. The Morgan fingerprint density at radius 3 is 2.81 bits per heavy atom. The first-order chi connectivity index (χ1) is 10.1. The van der Waals surface area contributed by atoms with Gasteiger partial charge in [0.2, 0.25) is 0 Å². The summed E-state index contributed by atoms with van der Waals surface area (Å²) in [4.78, 5) is 0. The van der Waals surface area contributed by atoms with Gasteiger partial charge in [-0.1, -0.05) is 31.9 Å². The van der Waals surface area contributed by atoms with Crippen molar-refractivity contribution in [3.8, 4) is 0 Å². The smallest absolute Gasteiger partial charge is 0.0579 e. The lowest BCUT2D eigenvalue weighted by Crippen LogP contribution is -2.48. The lowest BCUT2D eigenvalue weighted by molar-refractivity contribution is -0.0248. The van der Waals surface area contributed by atoms with Crippen LogP contribution in [-0.2, 0) is 4.74 Å². The van der Waals surface area contributed by atoms with Gasteiger partial charge in [0.15, 0.2) is 0 Å². The van der Waals surface area contributed by atoms with E-state index in [1.807, 2.05) is 12.7 Å². The van der Waals surface area contributed by atoms with E-state index in [1.54, 1.807) is 0 Å². The molecule has 118 valence electrons. The van der Waals surface area contributed by atoms with Gasteiger partial charge in [-0.15, -0.1) is 0 Å². The van der Waals surface area contributed by atoms with Gasteiger partial charge >= 0.3 is 0 Å². The molecule has 0 heterocycles. The summed E-state index contributed by atoms with van der Waals surface area (Å²) in [6.45, 7) is 5.18. The van der Waals surface area contributed by atoms with Crippen LogP contribution in [0.4, 0.5) is 0 Å². The van der Waals surface area contributed by atoms with Gasteiger partial charge < -0.3 is 4.74 Å². The summed E-state index contributed by atoms with van der Waals surface area (Å²) in [6.07, 6.45) is 15.9. The summed E-state index contributed by atoms with van der Waals surface area (Å²) >= 11 is 0. The molecule has 0 N–H and O–H groups in total. The Bertz CT molecular complexity index is 453. The lowest BCUT2D eigenvalue weighted by Gasteiger charge is -2.56. The molecule has 4 rings (SSSR count). The van der Waals surface area contributed by atoms with Crippen molar-refractivity contribution in [1.82, 2.24) is 0 Å². The number of fused-ring (bicyclic) bond motifs is 5. The van der Waals surface area contributed by atoms with Crippen molar-refractivity contribution >= 4 is 0 Å². The minimum Gasteiger partial charge on any atom is -0.381 e. The highest BCUT2D eigenvalue weighted by Gasteiger charge is 2.57. The molecule has 1 nitrogen and oxygen atoms in total. The van der Waals surface area contributed by atoms with E-state index in [9.17, 15) is 0 Å². The summed E-state index contributed by atoms with van der Waals surface area (Å²) in [5, 5.41) is 0. The van der Waals surface area contributed by atoms with Gasteiger partial charge in [0, 0.05) is 7.11 Å². The Morgan fingerprint density at radius 2 is 2.00 bits per heavy atom. The lowest BCUT2D eigenvalue weighted by atomic mass is 9.48. The Kier molecular flexibility index (Phi) is 3.30. The molecule has 4 aliphatic rings. The minimum atomic E-state index is 0.531. The van der Waals surface area contributed by atoms with Crippen molar-refractivity contribution < 1.29 is 4.74 Å². The molecule has 3 saturated carbocycles. The standard InChI is InChI=1S/C20H32O/c1-19-11-9-17-16(18(19)12-15(13-19)21-3)8-7-14-6-4-5-10-20(14,17)2/h7,15-18H,4-6,8-13H2,1-3H3/t15-,16-,17+,18+,19-,20+/m1/s1. The molecule has 0 bridgehead atoms. The molecular formula is C20H32O. The van der Waals surface area contributed by atoms with Crippen LogP contribution in [0.3, 0.4) is 0 Å². The summed E-state index contributed by atoms with van der Waals surface area (Å²) in [5.74, 6) is 2.82. The second-order valence-corrected chi connectivity index (χ2v) is 8.96. The van der Waals surface area contributed by atoms with Crippen LogP contribution in [0, 0.1) is 28.6 Å². The van der Waals surface area contributed by atoms with E-state index in [0.29, 0.717) is 16.9 Å². The maximum absolute atomic E-state index is 5.76. The molecule has 0 radical (unpaired) electrons. The number of ether oxygens (including phenoxy) is 1. The predicted octanol–water partition coefficient (Wildman–Crippen LogP) is 5.35. The van der Waals surface area contributed by atoms with Gasteiger partial charge in [-0.05, 0) is 80.0 Å². The van der Waals surface area contributed by atoms with Gasteiger partial charge in [0.1, 0.15) is 0 Å². The van der Waals surface area contributed by atoms with Crippen LogP contribution in [-0.4, -0.2) is 13.2 Å². The average Bonchev–Trinajstić information content (AvgIpc) is 2.83. The first-order valence-electron chi connectivity index (χ1n) is 9.29. The van der Waals surface area contributed by atoms with Gasteiger partial charge in [-0.2, -0.15) is 0 Å². The fraction of sp³-hybridized carbons (Fsp3) is 0.900. The SMILES string of the molecule is CO[C@@H]1C[C@H]2[C@@H]3CC=C4CCCC[C@]4(C)[C@H]3CC[C@]2(C)C1. The van der Waals surface area contributed by atoms with E-state index in [1.165, 1.54) is 57.8 Å². The third-order valence-electron chi connectivity index (χ3n) is 8.08. The molecule has 4 aliphatic carbocycles. The highest BCUT2D eigenvalue weighted by atomic mass is 16.5. The molecule has 21 heavy (non-hydrogen) atoms. The van der Waals surface area contributed by atoms with Crippen LogP contribution in [0.2, 0.25) is 0 Å². The third-order valence-corrected chi connectivity index (χ3v) is 8.08. The van der Waals surface area contributed by atoms with Crippen LogP contribution in [0.25, 0.3) is 0 Å². The zero-order valence-electron chi connectivity index (χ0n) is 14.2. The quantitative estimate of drug-likeness (QED) is 0.591. The normalized spacial score (nSPS) is 52.6. The van der Waals surface area contributed by atoms with E-state index in [0.717, 1.165) is 17.8 Å². The van der Waals surface area contributed by atoms with E-state index in [-0.39, 0.29) is 0 Å². The zero-order valence-corrected chi connectivity index (χ0v) is 14.2. The Labute approximate surface area is 130 Å².